The van der Waals surface area contributed by atoms with E-state index in [1.54, 1.807) is 11.1 Å². The molecule has 0 spiro atoms. The molecule has 0 atom stereocenters. The highest BCUT2D eigenvalue weighted by atomic mass is 16.1. The van der Waals surface area contributed by atoms with E-state index < -0.39 is 0 Å². The van der Waals surface area contributed by atoms with Crippen molar-refractivity contribution < 1.29 is 4.79 Å². The van der Waals surface area contributed by atoms with Crippen molar-refractivity contribution in [3.05, 3.63) is 6.20 Å². The highest BCUT2D eigenvalue weighted by Gasteiger charge is 2.18. The minimum atomic E-state index is 0.627. The second kappa shape index (κ2) is 6.13. The van der Waals surface area contributed by atoms with Gasteiger partial charge >= 0.3 is 0 Å². The largest absolute Gasteiger partial charge is 0.369 e. The summed E-state index contributed by atoms with van der Waals surface area (Å²) in [6, 6.07) is 0. The third-order valence-electron chi connectivity index (χ3n) is 2.85. The maximum absolute atomic E-state index is 10.6. The average molecular weight is 250 g/mol. The third kappa shape index (κ3) is 3.06. The van der Waals surface area contributed by atoms with E-state index in [1.807, 2.05) is 4.90 Å². The lowest BCUT2D eigenvalue weighted by Crippen LogP contribution is -2.46. The molecule has 0 bridgehead atoms. The summed E-state index contributed by atoms with van der Waals surface area (Å²) in [7, 11) is 0. The van der Waals surface area contributed by atoms with Crippen LogP contribution in [0.15, 0.2) is 6.20 Å². The van der Waals surface area contributed by atoms with Gasteiger partial charge in [-0.2, -0.15) is 10.1 Å². The molecule has 1 aromatic heterocycles. The summed E-state index contributed by atoms with van der Waals surface area (Å²) < 4.78 is 0. The SMILES string of the molecule is CCCNc1cnnc(N2CCN(C=O)CC2)n1. The van der Waals surface area contributed by atoms with Gasteiger partial charge in [-0.05, 0) is 6.42 Å². The van der Waals surface area contributed by atoms with Crippen molar-refractivity contribution in [2.45, 2.75) is 13.3 Å². The monoisotopic (exact) mass is 250 g/mol. The number of nitrogens with one attached hydrogen (secondary N) is 1. The normalized spacial score (nSPS) is 15.6. The van der Waals surface area contributed by atoms with Gasteiger partial charge in [0, 0.05) is 32.7 Å². The van der Waals surface area contributed by atoms with Crippen LogP contribution in [-0.4, -0.2) is 59.2 Å². The fourth-order valence-electron chi connectivity index (χ4n) is 1.79. The molecule has 98 valence electrons. The summed E-state index contributed by atoms with van der Waals surface area (Å²) in [4.78, 5) is 18.8. The summed E-state index contributed by atoms with van der Waals surface area (Å²) in [6.45, 7) is 5.88. The topological polar surface area (TPSA) is 74.2 Å². The van der Waals surface area contributed by atoms with Gasteiger partial charge in [0.15, 0.2) is 5.82 Å². The number of hydrogen-bond acceptors (Lipinski definition) is 6. The van der Waals surface area contributed by atoms with Gasteiger partial charge in [0.2, 0.25) is 12.4 Å². The molecule has 1 N–H and O–H groups in total. The van der Waals surface area contributed by atoms with Crippen molar-refractivity contribution in [3.63, 3.8) is 0 Å². The molecule has 1 aliphatic rings. The average Bonchev–Trinajstić information content (AvgIpc) is 2.45. The van der Waals surface area contributed by atoms with Crippen LogP contribution in [0, 0.1) is 0 Å². The van der Waals surface area contributed by atoms with Crippen molar-refractivity contribution in [1.82, 2.24) is 20.1 Å². The quantitative estimate of drug-likeness (QED) is 0.740. The lowest BCUT2D eigenvalue weighted by atomic mass is 10.3. The summed E-state index contributed by atoms with van der Waals surface area (Å²) in [6.07, 6.45) is 3.55. The number of aromatic nitrogens is 3. The number of amides is 1. The van der Waals surface area contributed by atoms with Crippen LogP contribution >= 0.6 is 0 Å². The molecule has 7 nitrogen and oxygen atoms in total. The maximum atomic E-state index is 10.6. The number of rotatable bonds is 5. The van der Waals surface area contributed by atoms with Crippen LogP contribution in [0.1, 0.15) is 13.3 Å². The van der Waals surface area contributed by atoms with Gasteiger partial charge in [0.1, 0.15) is 0 Å². The number of piperazine rings is 1. The number of nitrogens with zero attached hydrogens (tertiary/aromatic N) is 5. The van der Waals surface area contributed by atoms with Crippen LogP contribution in [0.5, 0.6) is 0 Å². The van der Waals surface area contributed by atoms with Gasteiger partial charge in [-0.25, -0.2) is 0 Å². The Morgan fingerprint density at radius 2 is 2.17 bits per heavy atom. The molecule has 0 aromatic carbocycles. The lowest BCUT2D eigenvalue weighted by molar-refractivity contribution is -0.118. The summed E-state index contributed by atoms with van der Waals surface area (Å²) in [5, 5.41) is 11.2. The number of anilines is 2. The van der Waals surface area contributed by atoms with Crippen LogP contribution < -0.4 is 10.2 Å². The zero-order valence-corrected chi connectivity index (χ0v) is 10.5. The summed E-state index contributed by atoms with van der Waals surface area (Å²) in [5.41, 5.74) is 0. The van der Waals surface area contributed by atoms with Crippen LogP contribution in [0.4, 0.5) is 11.8 Å². The summed E-state index contributed by atoms with van der Waals surface area (Å²) in [5.74, 6) is 1.38. The Morgan fingerprint density at radius 3 is 2.83 bits per heavy atom. The van der Waals surface area contributed by atoms with Crippen molar-refractivity contribution in [1.29, 1.82) is 0 Å². The minimum Gasteiger partial charge on any atom is -0.369 e. The molecule has 1 aliphatic heterocycles. The van der Waals surface area contributed by atoms with E-state index in [1.165, 1.54) is 0 Å². The van der Waals surface area contributed by atoms with E-state index in [2.05, 4.69) is 27.4 Å². The van der Waals surface area contributed by atoms with Crippen molar-refractivity contribution in [2.75, 3.05) is 42.9 Å². The fraction of sp³-hybridized carbons (Fsp3) is 0.636. The van der Waals surface area contributed by atoms with Gasteiger partial charge in [-0.15, -0.1) is 5.10 Å². The Bertz CT molecular complexity index is 391. The summed E-state index contributed by atoms with van der Waals surface area (Å²) >= 11 is 0. The first-order valence-electron chi connectivity index (χ1n) is 6.21. The Hall–Kier alpha value is -1.92. The first-order valence-corrected chi connectivity index (χ1v) is 6.21. The highest BCUT2D eigenvalue weighted by molar-refractivity contribution is 5.48. The van der Waals surface area contributed by atoms with Gasteiger partial charge in [-0.3, -0.25) is 4.79 Å². The molecule has 0 unspecified atom stereocenters. The smallest absolute Gasteiger partial charge is 0.247 e. The molecule has 0 radical (unpaired) electrons. The lowest BCUT2D eigenvalue weighted by Gasteiger charge is -2.32. The van der Waals surface area contributed by atoms with E-state index in [4.69, 9.17) is 0 Å². The molecule has 1 saturated heterocycles. The van der Waals surface area contributed by atoms with Crippen molar-refractivity contribution in [3.8, 4) is 0 Å². The number of carbonyl (C=O) groups excluding carboxylic acids is 1. The molecule has 0 saturated carbocycles. The maximum Gasteiger partial charge on any atom is 0.247 e. The van der Waals surface area contributed by atoms with Crippen molar-refractivity contribution in [2.24, 2.45) is 0 Å². The highest BCUT2D eigenvalue weighted by Crippen LogP contribution is 2.11. The molecule has 2 rings (SSSR count). The molecule has 1 amide bonds. The zero-order chi connectivity index (χ0) is 12.8. The molecular weight excluding hydrogens is 232 g/mol. The molecule has 0 aliphatic carbocycles. The number of carbonyl (C=O) groups is 1. The van der Waals surface area contributed by atoms with E-state index in [-0.39, 0.29) is 0 Å². The Kier molecular flexibility index (Phi) is 4.27. The van der Waals surface area contributed by atoms with Crippen LogP contribution in [0.3, 0.4) is 0 Å². The van der Waals surface area contributed by atoms with Gasteiger partial charge in [0.05, 0.1) is 6.20 Å². The molecule has 7 heteroatoms. The molecular formula is C11H18N6O. The first kappa shape index (κ1) is 12.5. The number of hydrogen-bond donors (Lipinski definition) is 1. The van der Waals surface area contributed by atoms with Crippen LogP contribution in [0.2, 0.25) is 0 Å². The molecule has 18 heavy (non-hydrogen) atoms. The van der Waals surface area contributed by atoms with Crippen LogP contribution in [0.25, 0.3) is 0 Å². The van der Waals surface area contributed by atoms with Gasteiger partial charge < -0.3 is 15.1 Å². The Labute approximate surface area is 106 Å². The van der Waals surface area contributed by atoms with Crippen molar-refractivity contribution >= 4 is 18.2 Å². The van der Waals surface area contributed by atoms with E-state index >= 15 is 0 Å². The second-order valence-electron chi connectivity index (χ2n) is 4.20. The van der Waals surface area contributed by atoms with E-state index in [0.717, 1.165) is 38.3 Å². The predicted octanol–water partition coefficient (Wildman–Crippen LogP) is -0.0281. The first-order chi connectivity index (χ1) is 8.83. The minimum absolute atomic E-state index is 0.627. The van der Waals surface area contributed by atoms with E-state index in [0.29, 0.717) is 19.0 Å². The molecule has 2 heterocycles. The van der Waals surface area contributed by atoms with Crippen LogP contribution in [-0.2, 0) is 4.79 Å². The van der Waals surface area contributed by atoms with E-state index in [9.17, 15) is 4.79 Å². The fourth-order valence-corrected chi connectivity index (χ4v) is 1.79. The standard InChI is InChI=1S/C11H18N6O/c1-2-3-12-10-8-13-15-11(14-10)17-6-4-16(9-18)5-7-17/h8-9H,2-7H2,1H3,(H,12,14,15). The Balaban J connectivity index is 1.98. The second-order valence-corrected chi connectivity index (χ2v) is 4.20. The van der Waals surface area contributed by atoms with Gasteiger partial charge in [-0.1, -0.05) is 6.92 Å². The Morgan fingerprint density at radius 1 is 1.39 bits per heavy atom. The molecule has 1 aromatic rings. The predicted molar refractivity (Wildman–Crippen MR) is 68.5 cm³/mol. The zero-order valence-electron chi connectivity index (χ0n) is 10.5. The van der Waals surface area contributed by atoms with Gasteiger partial charge in [0.25, 0.3) is 0 Å². The molecule has 1 fully saturated rings. The third-order valence-corrected chi connectivity index (χ3v) is 2.85.